The quantitative estimate of drug-likeness (QED) is 0.0661. The fraction of sp³-hybridized carbons (Fsp3) is 0.121. The molecule has 0 N–H and O–H groups in total. The number of hydrogen-bond acceptors (Lipinski definition) is 13. The van der Waals surface area contributed by atoms with Gasteiger partial charge in [0.05, 0.1) is 77.9 Å². The molecule has 0 radical (unpaired) electrons. The first kappa shape index (κ1) is 94.5. The minimum absolute atomic E-state index is 0. The standard InChI is InChI=1S/4C18H15P.C14H13N5O.C12H11BrN4O.C9H14BNO3.Pd/c4*1-4-10-16(11-5-1)19(17-12-6-2-7-13-17)18-14-8-3-9-15-18;1-8-13-9(2)17-11(6-7-15)19(13)14-10(16-8)4-5-12(18-14)20-3;1-6-10-7(2)15-12(13)17(10)11-8(14-6)4-5-9(16-11)18-3;1-8(2)9(3,4)14-10(13-8)7-5-11-12-6-7;/h4*1-15H;4-5H,6H2,1-3H3;4-5H,1-3H3;5-6H,1-4H3;. The van der Waals surface area contributed by atoms with Gasteiger partial charge in [-0.15, -0.1) is 0 Å². The van der Waals surface area contributed by atoms with Gasteiger partial charge in [0.2, 0.25) is 11.8 Å². The molecule has 0 spiro atoms. The van der Waals surface area contributed by atoms with E-state index in [1.165, 1.54) is 63.7 Å². The Hall–Kier alpha value is -12.2. The second-order valence-corrected chi connectivity index (χ2v) is 40.1. The smallest absolute Gasteiger partial charge is 0.481 e. The molecule has 7 aromatic heterocycles. The predicted octanol–water partition coefficient (Wildman–Crippen LogP) is 19.4. The van der Waals surface area contributed by atoms with E-state index in [1.54, 1.807) is 38.8 Å². The first-order valence-corrected chi connectivity index (χ1v) is 48.1. The summed E-state index contributed by atoms with van der Waals surface area (Å²) in [7, 11) is 1.02. The number of nitrogens with zero attached hydrogens (tertiary/aromatic N) is 10. The van der Waals surface area contributed by atoms with E-state index < -0.39 is 31.7 Å². The van der Waals surface area contributed by atoms with Crippen LogP contribution in [0.4, 0.5) is 0 Å². The van der Waals surface area contributed by atoms with E-state index in [9.17, 15) is 0 Å². The van der Waals surface area contributed by atoms with Crippen molar-refractivity contribution in [1.82, 2.24) is 43.9 Å². The van der Waals surface area contributed by atoms with Crippen molar-refractivity contribution in [3.05, 3.63) is 434 Å². The molecule has 646 valence electrons. The summed E-state index contributed by atoms with van der Waals surface area (Å²) in [5.74, 6) is 1.75. The van der Waals surface area contributed by atoms with Gasteiger partial charge in [0, 0.05) is 38.0 Å². The molecule has 1 aliphatic heterocycles. The number of nitriles is 1. The normalized spacial score (nSPS) is 12.1. The van der Waals surface area contributed by atoms with Crippen LogP contribution < -0.4 is 78.6 Å². The summed E-state index contributed by atoms with van der Waals surface area (Å²) in [4.78, 5) is 26.9. The molecule has 1 aliphatic rings. The molecule has 0 unspecified atom stereocenters. The molecule has 15 nitrogen and oxygen atoms in total. The summed E-state index contributed by atoms with van der Waals surface area (Å²) in [5, 5.41) is 29.4. The molecule has 12 aromatic carbocycles. The SMILES string of the molecule is CC1(C)OB(c2cnoc2)OC1(C)C.COc1ccc2nc(C)c3c(C)nc(Br)n3c2n1.COc1ccc2nc(C)c3c(C)nc(CC#N)n3c2n1.[Pd].c1ccc(P(c2ccccc2)c2ccccc2)cc1.c1ccc(P(c2ccccc2)c2ccccc2)cc1.c1ccc(P(c2ccccc2)c2ccccc2)cc1.c1ccc(P(c2ccccc2)c2ccccc2)cc1. The number of halogens is 1. The van der Waals surface area contributed by atoms with E-state index in [0.717, 1.165) is 60.7 Å². The molecule has 0 saturated carbocycles. The summed E-state index contributed by atoms with van der Waals surface area (Å²) in [6, 6.07) is 139. The van der Waals surface area contributed by atoms with Crippen LogP contribution in [-0.2, 0) is 36.2 Å². The summed E-state index contributed by atoms with van der Waals surface area (Å²) in [5.41, 5.74) is 8.66. The molecular formula is C107H98BBrN10O5P4Pd. The fourth-order valence-corrected chi connectivity index (χ4v) is 24.4. The number of ether oxygens (including phenoxy) is 2. The second-order valence-electron chi connectivity index (χ2n) is 30.5. The van der Waals surface area contributed by atoms with Gasteiger partial charge in [-0.1, -0.05) is 369 Å². The zero-order valence-electron chi connectivity index (χ0n) is 73.4. The van der Waals surface area contributed by atoms with E-state index in [4.69, 9.17) is 28.6 Å². The molecule has 8 heterocycles. The van der Waals surface area contributed by atoms with Gasteiger partial charge in [-0.25, -0.2) is 19.9 Å². The zero-order chi connectivity index (χ0) is 89.2. The van der Waals surface area contributed by atoms with Crippen LogP contribution >= 0.6 is 47.6 Å². The van der Waals surface area contributed by atoms with Crippen molar-refractivity contribution in [2.24, 2.45) is 0 Å². The maximum atomic E-state index is 8.97. The van der Waals surface area contributed by atoms with Crippen LogP contribution in [0, 0.1) is 39.0 Å². The second kappa shape index (κ2) is 46.2. The van der Waals surface area contributed by atoms with Crippen LogP contribution in [0.25, 0.3) is 33.4 Å². The van der Waals surface area contributed by atoms with E-state index in [1.807, 2.05) is 76.3 Å². The Bertz CT molecular complexity index is 5860. The topological polar surface area (TPSA) is 173 Å². The maximum absolute atomic E-state index is 8.97. The Balaban J connectivity index is 0.000000129. The molecule has 22 heteroatoms. The molecule has 0 atom stereocenters. The number of hydrogen-bond donors (Lipinski definition) is 0. The molecule has 1 fully saturated rings. The van der Waals surface area contributed by atoms with Gasteiger partial charge in [0.1, 0.15) is 23.1 Å². The van der Waals surface area contributed by atoms with Gasteiger partial charge in [-0.05, 0) is 179 Å². The van der Waals surface area contributed by atoms with Crippen LogP contribution in [0.5, 0.6) is 11.8 Å². The Morgan fingerprint density at radius 2 is 0.581 bits per heavy atom. The van der Waals surface area contributed by atoms with Crippen molar-refractivity contribution in [3.63, 3.8) is 0 Å². The average Bonchev–Trinajstić information content (AvgIpc) is 1.61. The predicted molar refractivity (Wildman–Crippen MR) is 538 cm³/mol. The van der Waals surface area contributed by atoms with Crippen molar-refractivity contribution in [2.75, 3.05) is 14.2 Å². The number of rotatable bonds is 16. The third kappa shape index (κ3) is 23.9. The van der Waals surface area contributed by atoms with Crippen molar-refractivity contribution < 1.29 is 43.7 Å². The average molecular weight is 1930 g/mol. The van der Waals surface area contributed by atoms with E-state index >= 15 is 0 Å². The Kier molecular flexibility index (Phi) is 33.8. The number of methoxy groups -OCH3 is 2. The number of benzene rings is 12. The number of pyridine rings is 2. The van der Waals surface area contributed by atoms with Crippen LogP contribution in [-0.4, -0.2) is 76.4 Å². The molecule has 129 heavy (non-hydrogen) atoms. The molecule has 0 aliphatic carbocycles. The van der Waals surface area contributed by atoms with Crippen molar-refractivity contribution in [2.45, 2.75) is 73.0 Å². The molecule has 0 bridgehead atoms. The van der Waals surface area contributed by atoms with Gasteiger partial charge in [-0.3, -0.25) is 8.80 Å². The minimum Gasteiger partial charge on any atom is -0.481 e. The molecule has 19 aromatic rings. The van der Waals surface area contributed by atoms with E-state index in [2.05, 4.69) is 421 Å². The van der Waals surface area contributed by atoms with E-state index in [0.29, 0.717) is 23.2 Å². The van der Waals surface area contributed by atoms with Crippen LogP contribution in [0.3, 0.4) is 0 Å². The summed E-state index contributed by atoms with van der Waals surface area (Å²) < 4.78 is 31.2. The van der Waals surface area contributed by atoms with E-state index in [-0.39, 0.29) is 45.2 Å². The third-order valence-corrected chi connectivity index (χ3v) is 31.6. The number of aryl methyl sites for hydroxylation is 4. The zero-order valence-corrected chi connectivity index (χ0v) is 80.1. The third-order valence-electron chi connectivity index (χ3n) is 21.3. The first-order chi connectivity index (χ1) is 62.5. The van der Waals surface area contributed by atoms with Gasteiger partial charge >= 0.3 is 7.12 Å². The molecule has 1 saturated heterocycles. The number of aromatic nitrogens is 9. The summed E-state index contributed by atoms with van der Waals surface area (Å²) in [6.07, 6.45) is 3.39. The van der Waals surface area contributed by atoms with Gasteiger partial charge in [-0.2, -0.15) is 15.2 Å². The number of imidazole rings is 2. The van der Waals surface area contributed by atoms with Crippen LogP contribution in [0.15, 0.2) is 410 Å². The first-order valence-electron chi connectivity index (χ1n) is 42.0. The Morgan fingerprint density at radius 1 is 0.341 bits per heavy atom. The van der Waals surface area contributed by atoms with Crippen LogP contribution in [0.2, 0.25) is 0 Å². The molecular weight excluding hydrogens is 1830 g/mol. The minimum atomic E-state index is -0.446. The summed E-state index contributed by atoms with van der Waals surface area (Å²) >= 11 is 3.46. The van der Waals surface area contributed by atoms with Crippen molar-refractivity contribution in [3.8, 4) is 17.8 Å². The Labute approximate surface area is 783 Å². The van der Waals surface area contributed by atoms with Gasteiger partial charge in [0.25, 0.3) is 0 Å². The van der Waals surface area contributed by atoms with Crippen molar-refractivity contribution in [1.29, 1.82) is 5.26 Å². The van der Waals surface area contributed by atoms with Gasteiger partial charge < -0.3 is 23.3 Å². The molecule has 0 amide bonds. The fourth-order valence-electron chi connectivity index (χ4n) is 14.6. The van der Waals surface area contributed by atoms with Crippen molar-refractivity contribution >= 4 is 157 Å². The maximum Gasteiger partial charge on any atom is 0.499 e. The van der Waals surface area contributed by atoms with Crippen LogP contribution in [0.1, 0.15) is 56.3 Å². The molecule has 20 rings (SSSR count). The number of fused-ring (bicyclic) bond motifs is 6. The monoisotopic (exact) mass is 1920 g/mol. The Morgan fingerprint density at radius 3 is 0.822 bits per heavy atom. The summed E-state index contributed by atoms with van der Waals surface area (Å²) in [6.45, 7) is 15.8. The largest absolute Gasteiger partial charge is 0.499 e. The van der Waals surface area contributed by atoms with Gasteiger partial charge in [0.15, 0.2) is 16.0 Å².